The predicted octanol–water partition coefficient (Wildman–Crippen LogP) is 3.65. The van der Waals surface area contributed by atoms with Gasteiger partial charge in [0, 0.05) is 10.0 Å². The maximum absolute atomic E-state index is 12.4. The predicted molar refractivity (Wildman–Crippen MR) is 117 cm³/mol. The molecule has 0 spiro atoms. The normalized spacial score (nSPS) is 10.1. The molecular formula is C23H19BrN2O5. The Kier molecular flexibility index (Phi) is 7.78. The molecule has 7 nitrogen and oxygen atoms in total. The van der Waals surface area contributed by atoms with Crippen LogP contribution in [0.3, 0.4) is 0 Å². The number of amides is 2. The summed E-state index contributed by atoms with van der Waals surface area (Å²) in [6, 6.07) is 22.7. The maximum atomic E-state index is 12.4. The van der Waals surface area contributed by atoms with E-state index in [0.29, 0.717) is 11.3 Å². The number of nitrogens with one attached hydrogen (secondary N) is 2. The van der Waals surface area contributed by atoms with Crippen molar-refractivity contribution in [3.8, 4) is 5.75 Å². The van der Waals surface area contributed by atoms with Crippen molar-refractivity contribution in [2.45, 2.75) is 6.61 Å². The number of carbonyl (C=O) groups excluding carboxylic acids is 3. The van der Waals surface area contributed by atoms with Crippen LogP contribution in [0.1, 0.15) is 26.3 Å². The van der Waals surface area contributed by atoms with Crippen LogP contribution < -0.4 is 15.6 Å². The fourth-order valence-electron chi connectivity index (χ4n) is 2.54. The van der Waals surface area contributed by atoms with Crippen molar-refractivity contribution in [2.24, 2.45) is 0 Å². The lowest BCUT2D eigenvalue weighted by atomic mass is 10.2. The standard InChI is InChI=1S/C23H19BrN2O5/c24-18-12-10-17(11-13-18)22(28)26-25-21(27)15-31-23(29)19-8-4-5-9-20(19)30-14-16-6-2-1-3-7-16/h1-13H,14-15H2,(H,25,27)(H,26,28). The quantitative estimate of drug-likeness (QED) is 0.396. The molecule has 0 aliphatic rings. The average molecular weight is 483 g/mol. The molecule has 0 saturated heterocycles. The van der Waals surface area contributed by atoms with E-state index in [1.807, 2.05) is 30.3 Å². The summed E-state index contributed by atoms with van der Waals surface area (Å²) in [6.07, 6.45) is 0. The molecule has 8 heteroatoms. The molecule has 0 radical (unpaired) electrons. The minimum atomic E-state index is -0.710. The van der Waals surface area contributed by atoms with E-state index >= 15 is 0 Å². The monoisotopic (exact) mass is 482 g/mol. The first-order chi connectivity index (χ1) is 15.0. The van der Waals surface area contributed by atoms with Crippen molar-refractivity contribution in [2.75, 3.05) is 6.61 Å². The molecule has 0 fully saturated rings. The minimum Gasteiger partial charge on any atom is -0.488 e. The number of rotatable bonds is 7. The summed E-state index contributed by atoms with van der Waals surface area (Å²) in [5, 5.41) is 0. The van der Waals surface area contributed by atoms with Gasteiger partial charge in [-0.3, -0.25) is 20.4 Å². The Labute approximate surface area is 187 Å². The Balaban J connectivity index is 1.49. The summed E-state index contributed by atoms with van der Waals surface area (Å²) < 4.78 is 11.6. The Hall–Kier alpha value is -3.65. The van der Waals surface area contributed by atoms with Crippen molar-refractivity contribution < 1.29 is 23.9 Å². The van der Waals surface area contributed by atoms with E-state index in [1.165, 1.54) is 0 Å². The molecule has 3 rings (SSSR count). The third kappa shape index (κ3) is 6.68. The van der Waals surface area contributed by atoms with Crippen molar-refractivity contribution >= 4 is 33.7 Å². The minimum absolute atomic E-state index is 0.199. The fourth-order valence-corrected chi connectivity index (χ4v) is 2.81. The van der Waals surface area contributed by atoms with Crippen LogP contribution in [0.4, 0.5) is 0 Å². The lowest BCUT2D eigenvalue weighted by molar-refractivity contribution is -0.125. The number of benzene rings is 3. The molecule has 0 aliphatic heterocycles. The summed E-state index contributed by atoms with van der Waals surface area (Å²) in [4.78, 5) is 36.3. The highest BCUT2D eigenvalue weighted by molar-refractivity contribution is 9.10. The first-order valence-electron chi connectivity index (χ1n) is 9.30. The van der Waals surface area contributed by atoms with Gasteiger partial charge in [-0.05, 0) is 42.0 Å². The molecule has 3 aromatic rings. The van der Waals surface area contributed by atoms with E-state index in [-0.39, 0.29) is 12.2 Å². The summed E-state index contributed by atoms with van der Waals surface area (Å²) in [5.41, 5.74) is 5.98. The second kappa shape index (κ2) is 10.9. The smallest absolute Gasteiger partial charge is 0.342 e. The Morgan fingerprint density at radius 2 is 1.48 bits per heavy atom. The lowest BCUT2D eigenvalue weighted by Crippen LogP contribution is -2.43. The van der Waals surface area contributed by atoms with E-state index in [0.717, 1.165) is 10.0 Å². The zero-order valence-corrected chi connectivity index (χ0v) is 17.9. The van der Waals surface area contributed by atoms with E-state index in [2.05, 4.69) is 26.8 Å². The first-order valence-corrected chi connectivity index (χ1v) is 10.1. The van der Waals surface area contributed by atoms with E-state index in [9.17, 15) is 14.4 Å². The third-order valence-corrected chi connectivity index (χ3v) is 4.63. The second-order valence-corrected chi connectivity index (χ2v) is 7.27. The average Bonchev–Trinajstić information content (AvgIpc) is 2.81. The van der Waals surface area contributed by atoms with E-state index < -0.39 is 24.4 Å². The number of carbonyl (C=O) groups is 3. The number of hydrogen-bond donors (Lipinski definition) is 2. The number of ether oxygens (including phenoxy) is 2. The molecule has 2 amide bonds. The molecule has 0 aromatic heterocycles. The summed E-state index contributed by atoms with van der Waals surface area (Å²) in [5.74, 6) is -1.54. The topological polar surface area (TPSA) is 93.7 Å². The molecule has 158 valence electrons. The van der Waals surface area contributed by atoms with Crippen molar-refractivity contribution in [1.29, 1.82) is 0 Å². The molecule has 2 N–H and O–H groups in total. The van der Waals surface area contributed by atoms with Crippen LogP contribution in [0.25, 0.3) is 0 Å². The van der Waals surface area contributed by atoms with Crippen molar-refractivity contribution in [3.63, 3.8) is 0 Å². The number of hydrogen-bond acceptors (Lipinski definition) is 5. The molecule has 3 aromatic carbocycles. The molecule has 0 bridgehead atoms. The Bertz CT molecular complexity index is 1060. The van der Waals surface area contributed by atoms with E-state index in [1.54, 1.807) is 48.5 Å². The van der Waals surface area contributed by atoms with Crippen LogP contribution in [0, 0.1) is 0 Å². The first kappa shape index (κ1) is 22.0. The van der Waals surface area contributed by atoms with Gasteiger partial charge < -0.3 is 9.47 Å². The fraction of sp³-hybridized carbons (Fsp3) is 0.0870. The van der Waals surface area contributed by atoms with Crippen LogP contribution in [0.5, 0.6) is 5.75 Å². The lowest BCUT2D eigenvalue weighted by Gasteiger charge is -2.12. The summed E-state index contributed by atoms with van der Waals surface area (Å²) in [6.45, 7) is -0.278. The molecule has 0 saturated carbocycles. The van der Waals surface area contributed by atoms with Gasteiger partial charge in [0.05, 0.1) is 0 Å². The van der Waals surface area contributed by atoms with Gasteiger partial charge >= 0.3 is 5.97 Å². The molecular weight excluding hydrogens is 464 g/mol. The third-order valence-electron chi connectivity index (χ3n) is 4.10. The number of esters is 1. The van der Waals surface area contributed by atoms with Gasteiger partial charge in [-0.2, -0.15) is 0 Å². The molecule has 0 aliphatic carbocycles. The van der Waals surface area contributed by atoms with Crippen molar-refractivity contribution in [3.05, 3.63) is 100 Å². The highest BCUT2D eigenvalue weighted by atomic mass is 79.9. The van der Waals surface area contributed by atoms with Gasteiger partial charge in [-0.15, -0.1) is 0 Å². The SMILES string of the molecule is O=C(COC(=O)c1ccccc1OCc1ccccc1)NNC(=O)c1ccc(Br)cc1. The molecule has 0 atom stereocenters. The second-order valence-electron chi connectivity index (χ2n) is 6.36. The van der Waals surface area contributed by atoms with Gasteiger partial charge in [0.15, 0.2) is 6.61 Å². The van der Waals surface area contributed by atoms with Crippen LogP contribution in [-0.2, 0) is 16.1 Å². The largest absolute Gasteiger partial charge is 0.488 e. The van der Waals surface area contributed by atoms with Crippen LogP contribution in [0.2, 0.25) is 0 Å². The Morgan fingerprint density at radius 3 is 2.23 bits per heavy atom. The van der Waals surface area contributed by atoms with Crippen molar-refractivity contribution in [1.82, 2.24) is 10.9 Å². The summed E-state index contributed by atoms with van der Waals surface area (Å²) >= 11 is 3.28. The number of halogens is 1. The van der Waals surface area contributed by atoms with Crippen LogP contribution in [0.15, 0.2) is 83.3 Å². The zero-order valence-electron chi connectivity index (χ0n) is 16.3. The molecule has 0 unspecified atom stereocenters. The highest BCUT2D eigenvalue weighted by Gasteiger charge is 2.16. The van der Waals surface area contributed by atoms with Gasteiger partial charge in [-0.1, -0.05) is 58.4 Å². The van der Waals surface area contributed by atoms with Gasteiger partial charge in [0.25, 0.3) is 11.8 Å². The van der Waals surface area contributed by atoms with Gasteiger partial charge in [-0.25, -0.2) is 4.79 Å². The summed E-state index contributed by atoms with van der Waals surface area (Å²) in [7, 11) is 0. The van der Waals surface area contributed by atoms with Gasteiger partial charge in [0.2, 0.25) is 0 Å². The highest BCUT2D eigenvalue weighted by Crippen LogP contribution is 2.20. The molecule has 0 heterocycles. The van der Waals surface area contributed by atoms with Crippen LogP contribution in [-0.4, -0.2) is 24.4 Å². The van der Waals surface area contributed by atoms with Crippen LogP contribution >= 0.6 is 15.9 Å². The van der Waals surface area contributed by atoms with E-state index in [4.69, 9.17) is 9.47 Å². The zero-order chi connectivity index (χ0) is 22.1. The number of para-hydroxylation sites is 1. The molecule has 31 heavy (non-hydrogen) atoms. The number of hydrazine groups is 1. The van der Waals surface area contributed by atoms with Gasteiger partial charge in [0.1, 0.15) is 17.9 Å². The Morgan fingerprint density at radius 1 is 0.806 bits per heavy atom. The maximum Gasteiger partial charge on any atom is 0.342 e.